The fraction of sp³-hybridized carbons (Fsp3) is 0.171. The summed E-state index contributed by atoms with van der Waals surface area (Å²) in [5.74, 6) is -1.04. The second-order valence-electron chi connectivity index (χ2n) is 10.7. The first-order chi connectivity index (χ1) is 20.5. The first-order valence-electron chi connectivity index (χ1n) is 13.8. The van der Waals surface area contributed by atoms with Gasteiger partial charge in [0.05, 0.1) is 26.2 Å². The first-order valence-corrected chi connectivity index (χ1v) is 13.8. The van der Waals surface area contributed by atoms with Crippen molar-refractivity contribution < 1.29 is 23.9 Å². The molecule has 3 aliphatic heterocycles. The number of anilines is 2. The summed E-state index contributed by atoms with van der Waals surface area (Å²) in [6, 6.07) is 27.6. The number of Topliss-reactive ketones (excluding diaryl/α,β-unsaturated/α-hetero) is 2. The van der Waals surface area contributed by atoms with Crippen LogP contribution in [-0.4, -0.2) is 43.8 Å². The average Bonchev–Trinajstić information content (AvgIpc) is 3.52. The smallest absolute Gasteiger partial charge is 0.238 e. The predicted octanol–water partition coefficient (Wildman–Crippen LogP) is 5.56. The highest BCUT2D eigenvalue weighted by Gasteiger charge is 2.70. The zero-order valence-electron chi connectivity index (χ0n) is 23.1. The number of carbonyl (C=O) groups excluding carboxylic acids is 3. The quantitative estimate of drug-likeness (QED) is 0.313. The van der Waals surface area contributed by atoms with Crippen LogP contribution in [0.1, 0.15) is 31.8 Å². The lowest BCUT2D eigenvalue weighted by atomic mass is 9.64. The third-order valence-corrected chi connectivity index (χ3v) is 8.82. The molecule has 0 aromatic heterocycles. The molecule has 3 heterocycles. The third kappa shape index (κ3) is 3.49. The molecule has 7 rings (SSSR count). The highest BCUT2D eigenvalue weighted by atomic mass is 16.5. The standard InChI is InChI=1S/C35H28N2O5/c1-41-27-18-16-23(20-28(27)42-2)32(38)30-31(33(39)22-11-4-3-5-12-22)37-26-15-9-6-10-21(26)17-19-29(37)35(30)24-13-7-8-14-25(24)36-34(35)40/h3-20,29-31H,1-2H3,(H,36,40)/t29-,30+,31+,35+/m1/s1. The fourth-order valence-corrected chi connectivity index (χ4v) is 7.06. The van der Waals surface area contributed by atoms with E-state index >= 15 is 0 Å². The maximum Gasteiger partial charge on any atom is 0.238 e. The molecular weight excluding hydrogens is 528 g/mol. The third-order valence-electron chi connectivity index (χ3n) is 8.82. The van der Waals surface area contributed by atoms with Gasteiger partial charge in [-0.05, 0) is 41.5 Å². The SMILES string of the molecule is COc1ccc(C(=O)[C@@H]2[C@@H](C(=O)c3ccccc3)N3c4ccccc4C=C[C@@H]3[C@]23C(=O)Nc2ccccc23)cc1OC. The molecule has 1 amide bonds. The van der Waals surface area contributed by atoms with Crippen LogP contribution in [0.4, 0.5) is 11.4 Å². The molecule has 4 aromatic carbocycles. The summed E-state index contributed by atoms with van der Waals surface area (Å²) in [6.45, 7) is 0. The first kappa shape index (κ1) is 25.8. The minimum absolute atomic E-state index is 0.224. The van der Waals surface area contributed by atoms with E-state index < -0.39 is 23.4 Å². The Morgan fingerprint density at radius 2 is 1.50 bits per heavy atom. The molecule has 1 N–H and O–H groups in total. The van der Waals surface area contributed by atoms with Crippen LogP contribution in [0.25, 0.3) is 6.08 Å². The zero-order valence-corrected chi connectivity index (χ0v) is 23.1. The van der Waals surface area contributed by atoms with Crippen molar-refractivity contribution in [2.45, 2.75) is 17.5 Å². The van der Waals surface area contributed by atoms with E-state index in [1.165, 1.54) is 14.2 Å². The minimum Gasteiger partial charge on any atom is -0.493 e. The molecule has 42 heavy (non-hydrogen) atoms. The Bertz CT molecular complexity index is 1780. The van der Waals surface area contributed by atoms with Gasteiger partial charge < -0.3 is 19.7 Å². The second kappa shape index (κ2) is 9.73. The highest BCUT2D eigenvalue weighted by Crippen LogP contribution is 2.58. The molecule has 208 valence electrons. The van der Waals surface area contributed by atoms with E-state index in [9.17, 15) is 14.4 Å². The predicted molar refractivity (Wildman–Crippen MR) is 160 cm³/mol. The summed E-state index contributed by atoms with van der Waals surface area (Å²) < 4.78 is 10.9. The van der Waals surface area contributed by atoms with Crippen molar-refractivity contribution in [3.8, 4) is 11.5 Å². The Hall–Kier alpha value is -5.17. The molecule has 7 heteroatoms. The van der Waals surface area contributed by atoms with Gasteiger partial charge in [0.2, 0.25) is 5.91 Å². The maximum atomic E-state index is 15.0. The maximum absolute atomic E-state index is 15.0. The Morgan fingerprint density at radius 1 is 0.786 bits per heavy atom. The molecule has 0 unspecified atom stereocenters. The fourth-order valence-electron chi connectivity index (χ4n) is 7.06. The molecule has 7 nitrogen and oxygen atoms in total. The number of ketones is 2. The van der Waals surface area contributed by atoms with E-state index in [1.54, 1.807) is 30.3 Å². The molecule has 1 spiro atoms. The summed E-state index contributed by atoms with van der Waals surface area (Å²) in [5, 5.41) is 3.06. The number of carbonyl (C=O) groups is 3. The Morgan fingerprint density at radius 3 is 2.29 bits per heavy atom. The number of methoxy groups -OCH3 is 2. The molecule has 0 aliphatic carbocycles. The lowest BCUT2D eigenvalue weighted by molar-refractivity contribution is -0.121. The molecule has 0 saturated carbocycles. The van der Waals surface area contributed by atoms with Gasteiger partial charge in [0.15, 0.2) is 23.1 Å². The second-order valence-corrected chi connectivity index (χ2v) is 10.7. The van der Waals surface area contributed by atoms with Gasteiger partial charge in [0, 0.05) is 22.5 Å². The Kier molecular flexibility index (Phi) is 5.97. The number of ether oxygens (including phenoxy) is 2. The molecule has 0 bridgehead atoms. The zero-order chi connectivity index (χ0) is 29.0. The largest absolute Gasteiger partial charge is 0.493 e. The van der Waals surface area contributed by atoms with Crippen LogP contribution in [0.3, 0.4) is 0 Å². The Labute approximate surface area is 243 Å². The molecular formula is C35H28N2O5. The summed E-state index contributed by atoms with van der Waals surface area (Å²) in [5.41, 5.74) is 2.50. The number of hydrogen-bond donors (Lipinski definition) is 1. The van der Waals surface area contributed by atoms with Crippen LogP contribution in [0.5, 0.6) is 11.5 Å². The van der Waals surface area contributed by atoms with Gasteiger partial charge in [-0.1, -0.05) is 78.9 Å². The van der Waals surface area contributed by atoms with Gasteiger partial charge in [0.1, 0.15) is 11.5 Å². The topological polar surface area (TPSA) is 84.9 Å². The number of nitrogens with zero attached hydrogens (tertiary/aromatic N) is 1. The summed E-state index contributed by atoms with van der Waals surface area (Å²) >= 11 is 0. The van der Waals surface area contributed by atoms with E-state index in [1.807, 2.05) is 83.8 Å². The number of fused-ring (bicyclic) bond motifs is 6. The van der Waals surface area contributed by atoms with Crippen molar-refractivity contribution in [1.82, 2.24) is 0 Å². The van der Waals surface area contributed by atoms with E-state index in [0.717, 1.165) is 11.3 Å². The van der Waals surface area contributed by atoms with Crippen LogP contribution in [0.2, 0.25) is 0 Å². The number of para-hydroxylation sites is 2. The molecule has 4 aromatic rings. The van der Waals surface area contributed by atoms with Crippen LogP contribution < -0.4 is 19.7 Å². The van der Waals surface area contributed by atoms with E-state index in [-0.39, 0.29) is 17.5 Å². The molecule has 1 fully saturated rings. The van der Waals surface area contributed by atoms with Gasteiger partial charge >= 0.3 is 0 Å². The van der Waals surface area contributed by atoms with Crippen molar-refractivity contribution >= 4 is 34.9 Å². The number of nitrogens with one attached hydrogen (secondary N) is 1. The van der Waals surface area contributed by atoms with E-state index in [4.69, 9.17) is 9.47 Å². The van der Waals surface area contributed by atoms with Gasteiger partial charge in [-0.25, -0.2) is 0 Å². The molecule has 0 radical (unpaired) electrons. The summed E-state index contributed by atoms with van der Waals surface area (Å²) in [4.78, 5) is 46.0. The molecule has 3 aliphatic rings. The van der Waals surface area contributed by atoms with Crippen LogP contribution in [-0.2, 0) is 10.2 Å². The lowest BCUT2D eigenvalue weighted by Gasteiger charge is -2.37. The van der Waals surface area contributed by atoms with Crippen LogP contribution >= 0.6 is 0 Å². The van der Waals surface area contributed by atoms with Gasteiger partial charge in [0.25, 0.3) is 0 Å². The van der Waals surface area contributed by atoms with E-state index in [0.29, 0.717) is 33.9 Å². The summed E-state index contributed by atoms with van der Waals surface area (Å²) in [6.07, 6.45) is 3.96. The molecule has 4 atom stereocenters. The van der Waals surface area contributed by atoms with E-state index in [2.05, 4.69) is 5.32 Å². The van der Waals surface area contributed by atoms with Crippen molar-refractivity contribution in [3.63, 3.8) is 0 Å². The van der Waals surface area contributed by atoms with Gasteiger partial charge in [-0.2, -0.15) is 0 Å². The number of rotatable bonds is 6. The van der Waals surface area contributed by atoms with Crippen LogP contribution in [0, 0.1) is 5.92 Å². The van der Waals surface area contributed by atoms with Crippen molar-refractivity contribution in [3.05, 3.63) is 125 Å². The van der Waals surface area contributed by atoms with Crippen molar-refractivity contribution in [2.75, 3.05) is 24.4 Å². The van der Waals surface area contributed by atoms with Gasteiger partial charge in [-0.3, -0.25) is 14.4 Å². The Balaban J connectivity index is 1.53. The average molecular weight is 557 g/mol. The number of hydrogen-bond acceptors (Lipinski definition) is 6. The van der Waals surface area contributed by atoms with Crippen molar-refractivity contribution in [2.24, 2.45) is 5.92 Å². The summed E-state index contributed by atoms with van der Waals surface area (Å²) in [7, 11) is 3.04. The lowest BCUT2D eigenvalue weighted by Crippen LogP contribution is -2.51. The monoisotopic (exact) mass is 556 g/mol. The number of benzene rings is 4. The highest BCUT2D eigenvalue weighted by molar-refractivity contribution is 6.18. The van der Waals surface area contributed by atoms with Gasteiger partial charge in [-0.15, -0.1) is 0 Å². The van der Waals surface area contributed by atoms with Crippen molar-refractivity contribution in [1.29, 1.82) is 0 Å². The van der Waals surface area contributed by atoms with Crippen LogP contribution in [0.15, 0.2) is 103 Å². The number of amides is 1. The minimum atomic E-state index is -1.38. The normalized spacial score (nSPS) is 23.1. The molecule has 1 saturated heterocycles.